The van der Waals surface area contributed by atoms with Crippen molar-refractivity contribution in [1.29, 1.82) is 0 Å². The van der Waals surface area contributed by atoms with Gasteiger partial charge in [0.05, 0.1) is 10.6 Å². The van der Waals surface area contributed by atoms with Crippen molar-refractivity contribution in [3.63, 3.8) is 0 Å². The normalized spacial score (nSPS) is 21.5. The molecule has 1 aliphatic heterocycles. The van der Waals surface area contributed by atoms with Crippen LogP contribution in [0.15, 0.2) is 91.0 Å². The van der Waals surface area contributed by atoms with Crippen molar-refractivity contribution in [3.05, 3.63) is 129 Å². The summed E-state index contributed by atoms with van der Waals surface area (Å²) in [5.41, 5.74) is 6.64. The van der Waals surface area contributed by atoms with Gasteiger partial charge in [0.2, 0.25) is 0 Å². The van der Waals surface area contributed by atoms with Crippen LogP contribution in [-0.4, -0.2) is 28.5 Å². The maximum atomic E-state index is 13.6. The van der Waals surface area contributed by atoms with E-state index in [1.165, 1.54) is 17.2 Å². The van der Waals surface area contributed by atoms with Crippen molar-refractivity contribution in [3.8, 4) is 5.75 Å². The lowest BCUT2D eigenvalue weighted by atomic mass is 9.52. The highest BCUT2D eigenvalue weighted by atomic mass is 16.6. The van der Waals surface area contributed by atoms with Gasteiger partial charge in [-0.3, -0.25) is 10.1 Å². The van der Waals surface area contributed by atoms with Crippen molar-refractivity contribution in [1.82, 2.24) is 4.90 Å². The first kappa shape index (κ1) is 29.8. The summed E-state index contributed by atoms with van der Waals surface area (Å²) in [7, 11) is 0. The van der Waals surface area contributed by atoms with E-state index in [4.69, 9.17) is 9.47 Å². The SMILES string of the molecule is Cc1c2c(cc(OCc3ccccc3)c1Nc1ccccc1[N+](=O)[O-])[C@]13CCCC[C@@H]1[C@H](C2)N(C(=O)OCc1ccccc1)CC3. The van der Waals surface area contributed by atoms with Crippen LogP contribution in [0.3, 0.4) is 0 Å². The molecule has 46 heavy (non-hydrogen) atoms. The standard InChI is InChI=1S/C38H39N3O5/c1-26-29-22-34-30-16-10-11-19-38(30,20-21-40(34)37(42)46-25-28-14-6-3-7-15-28)31(29)23-35(45-24-27-12-4-2-5-13-27)36(26)39-32-17-8-9-18-33(32)41(43)44/h2-9,12-15,17-18,23,30,34,39H,10-11,16,19-22,24-25H2,1H3/t30-,34+,38+/m1/s1. The maximum Gasteiger partial charge on any atom is 0.410 e. The van der Waals surface area contributed by atoms with Crippen LogP contribution in [0.4, 0.5) is 21.9 Å². The number of hydrogen-bond acceptors (Lipinski definition) is 6. The summed E-state index contributed by atoms with van der Waals surface area (Å²) in [6.45, 7) is 3.37. The predicted octanol–water partition coefficient (Wildman–Crippen LogP) is 8.62. The van der Waals surface area contributed by atoms with E-state index in [2.05, 4.69) is 18.3 Å². The van der Waals surface area contributed by atoms with Crippen molar-refractivity contribution in [2.24, 2.45) is 5.92 Å². The second-order valence-electron chi connectivity index (χ2n) is 12.8. The van der Waals surface area contributed by atoms with Crippen LogP contribution in [0.1, 0.15) is 59.9 Å². The number of nitrogens with one attached hydrogen (secondary N) is 1. The smallest absolute Gasteiger partial charge is 0.410 e. The predicted molar refractivity (Wildman–Crippen MR) is 177 cm³/mol. The van der Waals surface area contributed by atoms with Gasteiger partial charge in [0.1, 0.15) is 24.7 Å². The minimum absolute atomic E-state index is 0.00349. The summed E-state index contributed by atoms with van der Waals surface area (Å²) in [6, 6.07) is 28.8. The minimum Gasteiger partial charge on any atom is -0.487 e. The fourth-order valence-electron chi connectivity index (χ4n) is 8.21. The molecular formula is C38H39N3O5. The molecule has 2 aliphatic carbocycles. The number of fused-ring (bicyclic) bond motifs is 1. The molecule has 236 valence electrons. The zero-order valence-corrected chi connectivity index (χ0v) is 26.1. The van der Waals surface area contributed by atoms with Crippen LogP contribution >= 0.6 is 0 Å². The molecule has 1 amide bonds. The highest BCUT2D eigenvalue weighted by Gasteiger charge is 2.55. The van der Waals surface area contributed by atoms with E-state index in [1.807, 2.05) is 65.6 Å². The van der Waals surface area contributed by atoms with Gasteiger partial charge in [-0.15, -0.1) is 0 Å². The van der Waals surface area contributed by atoms with Crippen LogP contribution in [0, 0.1) is 23.0 Å². The van der Waals surface area contributed by atoms with Crippen molar-refractivity contribution in [2.75, 3.05) is 11.9 Å². The fourth-order valence-corrected chi connectivity index (χ4v) is 8.21. The summed E-state index contributed by atoms with van der Waals surface area (Å²) < 4.78 is 12.5. The molecule has 0 aromatic heterocycles. The first-order chi connectivity index (χ1) is 22.4. The number of nitro groups is 1. The van der Waals surface area contributed by atoms with Gasteiger partial charge in [-0.1, -0.05) is 85.6 Å². The van der Waals surface area contributed by atoms with Crippen LogP contribution in [0.5, 0.6) is 5.75 Å². The molecule has 0 unspecified atom stereocenters. The molecule has 1 heterocycles. The average Bonchev–Trinajstić information content (AvgIpc) is 3.09. The quantitative estimate of drug-likeness (QED) is 0.157. The van der Waals surface area contributed by atoms with E-state index in [1.54, 1.807) is 18.2 Å². The Balaban J connectivity index is 1.28. The second kappa shape index (κ2) is 12.5. The monoisotopic (exact) mass is 617 g/mol. The third kappa shape index (κ3) is 5.46. The Hall–Kier alpha value is -4.85. The number of nitro benzene ring substituents is 1. The third-order valence-corrected chi connectivity index (χ3v) is 10.4. The van der Waals surface area contributed by atoms with Crippen LogP contribution in [-0.2, 0) is 29.8 Å². The summed E-state index contributed by atoms with van der Waals surface area (Å²) in [5.74, 6) is 1.03. The number of carbonyl (C=O) groups is 1. The van der Waals surface area contributed by atoms with Crippen molar-refractivity contribution >= 4 is 23.2 Å². The summed E-state index contributed by atoms with van der Waals surface area (Å²) in [4.78, 5) is 27.2. The lowest BCUT2D eigenvalue weighted by Crippen LogP contribution is -2.62. The highest BCUT2D eigenvalue weighted by molar-refractivity contribution is 5.78. The molecule has 3 atom stereocenters. The van der Waals surface area contributed by atoms with Gasteiger partial charge in [0.15, 0.2) is 0 Å². The van der Waals surface area contributed by atoms with Crippen molar-refractivity contribution < 1.29 is 19.2 Å². The van der Waals surface area contributed by atoms with E-state index >= 15 is 0 Å². The lowest BCUT2D eigenvalue weighted by Gasteiger charge is -2.59. The Labute approximate surface area is 269 Å². The number of rotatable bonds is 8. The zero-order valence-electron chi connectivity index (χ0n) is 26.1. The number of hydrogen-bond donors (Lipinski definition) is 1. The Morgan fingerprint density at radius 2 is 1.65 bits per heavy atom. The van der Waals surface area contributed by atoms with Crippen LogP contribution < -0.4 is 10.1 Å². The summed E-state index contributed by atoms with van der Waals surface area (Å²) in [6.07, 6.45) is 5.77. The first-order valence-corrected chi connectivity index (χ1v) is 16.3. The van der Waals surface area contributed by atoms with E-state index in [-0.39, 0.29) is 34.8 Å². The Kier molecular flexibility index (Phi) is 8.11. The van der Waals surface area contributed by atoms with Crippen molar-refractivity contribution in [2.45, 2.75) is 70.1 Å². The summed E-state index contributed by atoms with van der Waals surface area (Å²) in [5, 5.41) is 15.4. The van der Waals surface area contributed by atoms with Gasteiger partial charge in [-0.05, 0) is 78.5 Å². The fraction of sp³-hybridized carbons (Fsp3) is 0.342. The molecule has 7 rings (SSSR count). The molecule has 8 nitrogen and oxygen atoms in total. The molecule has 2 bridgehead atoms. The van der Waals surface area contributed by atoms with E-state index < -0.39 is 0 Å². The van der Waals surface area contributed by atoms with Crippen LogP contribution in [0.25, 0.3) is 0 Å². The van der Waals surface area contributed by atoms with Gasteiger partial charge in [0, 0.05) is 24.1 Å². The Morgan fingerprint density at radius 3 is 2.39 bits per heavy atom. The topological polar surface area (TPSA) is 93.9 Å². The number of ether oxygens (including phenoxy) is 2. The largest absolute Gasteiger partial charge is 0.487 e. The Bertz CT molecular complexity index is 1740. The average molecular weight is 618 g/mol. The second-order valence-corrected chi connectivity index (χ2v) is 12.8. The number of nitrogens with zero attached hydrogens (tertiary/aromatic N) is 2. The zero-order chi connectivity index (χ0) is 31.7. The molecule has 4 aromatic rings. The molecule has 1 saturated carbocycles. The third-order valence-electron chi connectivity index (χ3n) is 10.4. The minimum atomic E-state index is -0.366. The van der Waals surface area contributed by atoms with E-state index in [9.17, 15) is 14.9 Å². The van der Waals surface area contributed by atoms with Gasteiger partial charge in [-0.2, -0.15) is 0 Å². The van der Waals surface area contributed by atoms with Crippen LogP contribution in [0.2, 0.25) is 0 Å². The maximum absolute atomic E-state index is 13.6. The first-order valence-electron chi connectivity index (χ1n) is 16.3. The lowest BCUT2D eigenvalue weighted by molar-refractivity contribution is -0.383. The number of anilines is 2. The van der Waals surface area contributed by atoms with Gasteiger partial charge >= 0.3 is 6.09 Å². The molecule has 8 heteroatoms. The number of para-hydroxylation sites is 2. The number of carbonyl (C=O) groups excluding carboxylic acids is 1. The van der Waals surface area contributed by atoms with Gasteiger partial charge in [0.25, 0.3) is 5.69 Å². The summed E-state index contributed by atoms with van der Waals surface area (Å²) >= 11 is 0. The Morgan fingerprint density at radius 1 is 0.957 bits per heavy atom. The number of benzene rings is 4. The molecule has 0 spiro atoms. The van der Waals surface area contributed by atoms with Gasteiger partial charge < -0.3 is 19.7 Å². The molecule has 4 aromatic carbocycles. The molecule has 0 radical (unpaired) electrons. The molecule has 2 fully saturated rings. The molecular weight excluding hydrogens is 578 g/mol. The van der Waals surface area contributed by atoms with E-state index in [0.29, 0.717) is 36.9 Å². The highest BCUT2D eigenvalue weighted by Crippen LogP contribution is 2.58. The molecule has 1 saturated heterocycles. The van der Waals surface area contributed by atoms with E-state index in [0.717, 1.165) is 54.5 Å². The molecule has 1 N–H and O–H groups in total. The number of amides is 1. The molecule has 3 aliphatic rings. The van der Waals surface area contributed by atoms with Gasteiger partial charge in [-0.25, -0.2) is 4.79 Å². The number of likely N-dealkylation sites (tertiary alicyclic amines) is 1. The number of piperidine rings is 1.